The molecule has 1 aromatic rings. The van der Waals surface area contributed by atoms with Crippen molar-refractivity contribution >= 4 is 17.5 Å². The van der Waals surface area contributed by atoms with Crippen molar-refractivity contribution in [3.05, 3.63) is 29.3 Å². The van der Waals surface area contributed by atoms with Crippen LogP contribution in [0.3, 0.4) is 0 Å². The summed E-state index contributed by atoms with van der Waals surface area (Å²) in [5.74, 6) is -3.60. The van der Waals surface area contributed by atoms with Crippen LogP contribution >= 0.6 is 0 Å². The first-order valence-electron chi connectivity index (χ1n) is 6.19. The summed E-state index contributed by atoms with van der Waals surface area (Å²) in [5.41, 5.74) is 9.86. The maximum atomic E-state index is 13.5. The highest BCUT2D eigenvalue weighted by molar-refractivity contribution is 5.96. The van der Waals surface area contributed by atoms with Gasteiger partial charge in [-0.2, -0.15) is 0 Å². The van der Waals surface area contributed by atoms with Crippen molar-refractivity contribution in [3.63, 3.8) is 0 Å². The Balaban J connectivity index is 2.84. The fraction of sp³-hybridized carbons (Fsp3) is 0.385. The highest BCUT2D eigenvalue weighted by Crippen LogP contribution is 2.19. The number of carbonyl (C=O) groups is 2. The van der Waals surface area contributed by atoms with E-state index >= 15 is 0 Å². The number of halogens is 2. The van der Waals surface area contributed by atoms with Crippen LogP contribution in [0.1, 0.15) is 36.5 Å². The molecule has 0 aliphatic rings. The second-order valence-corrected chi connectivity index (χ2v) is 4.48. The molecule has 0 spiro atoms. The third-order valence-corrected chi connectivity index (χ3v) is 2.70. The molecule has 0 saturated heterocycles. The molecule has 5 N–H and O–H groups in total. The van der Waals surface area contributed by atoms with Crippen molar-refractivity contribution in [2.45, 2.75) is 32.2 Å². The number of nitrogens with one attached hydrogen (secondary N) is 1. The van der Waals surface area contributed by atoms with E-state index in [0.717, 1.165) is 12.5 Å². The largest absolute Gasteiger partial charge is 0.366 e. The fourth-order valence-electron chi connectivity index (χ4n) is 1.75. The maximum Gasteiger partial charge on any atom is 0.251 e. The van der Waals surface area contributed by atoms with Crippen molar-refractivity contribution < 1.29 is 18.4 Å². The molecular weight excluding hydrogens is 268 g/mol. The average molecular weight is 285 g/mol. The van der Waals surface area contributed by atoms with Crippen molar-refractivity contribution in [2.75, 3.05) is 5.32 Å². The molecule has 110 valence electrons. The second kappa shape index (κ2) is 6.95. The van der Waals surface area contributed by atoms with Gasteiger partial charge in [-0.1, -0.05) is 13.3 Å². The number of primary amides is 1. The zero-order valence-corrected chi connectivity index (χ0v) is 11.1. The number of carbonyl (C=O) groups excluding carboxylic acids is 2. The van der Waals surface area contributed by atoms with Gasteiger partial charge in [0.15, 0.2) is 0 Å². The molecule has 0 aliphatic carbocycles. The number of hydrogen-bond donors (Lipinski definition) is 3. The monoisotopic (exact) mass is 285 g/mol. The van der Waals surface area contributed by atoms with Crippen molar-refractivity contribution in [1.82, 2.24) is 0 Å². The van der Waals surface area contributed by atoms with E-state index in [1.165, 1.54) is 0 Å². The third-order valence-electron chi connectivity index (χ3n) is 2.70. The van der Waals surface area contributed by atoms with Crippen LogP contribution in [0.25, 0.3) is 0 Å². The molecular formula is C13H17F2N3O2. The summed E-state index contributed by atoms with van der Waals surface area (Å²) < 4.78 is 26.8. The molecule has 0 heterocycles. The van der Waals surface area contributed by atoms with Gasteiger partial charge in [0.2, 0.25) is 5.91 Å². The van der Waals surface area contributed by atoms with Gasteiger partial charge in [-0.05, 0) is 12.5 Å². The Morgan fingerprint density at radius 1 is 1.30 bits per heavy atom. The molecule has 0 radical (unpaired) electrons. The van der Waals surface area contributed by atoms with E-state index in [4.69, 9.17) is 11.5 Å². The average Bonchev–Trinajstić information content (AvgIpc) is 2.32. The number of amides is 2. The number of benzene rings is 1. The van der Waals surface area contributed by atoms with E-state index in [1.54, 1.807) is 0 Å². The van der Waals surface area contributed by atoms with Crippen LogP contribution in [0.15, 0.2) is 12.1 Å². The molecule has 20 heavy (non-hydrogen) atoms. The lowest BCUT2D eigenvalue weighted by molar-refractivity contribution is -0.116. The van der Waals surface area contributed by atoms with Gasteiger partial charge in [-0.3, -0.25) is 9.59 Å². The Labute approximate surface area is 115 Å². The van der Waals surface area contributed by atoms with E-state index in [9.17, 15) is 18.4 Å². The summed E-state index contributed by atoms with van der Waals surface area (Å²) in [6, 6.07) is 1.04. The summed E-state index contributed by atoms with van der Waals surface area (Å²) in [6.45, 7) is 1.93. The summed E-state index contributed by atoms with van der Waals surface area (Å²) >= 11 is 0. The smallest absolute Gasteiger partial charge is 0.251 e. The Morgan fingerprint density at radius 3 is 2.50 bits per heavy atom. The summed E-state index contributed by atoms with van der Waals surface area (Å²) in [4.78, 5) is 22.6. The molecule has 0 bridgehead atoms. The first-order valence-corrected chi connectivity index (χ1v) is 6.19. The standard InChI is InChI=1S/C13H17F2N3O2/c1-2-3-7(16)4-12(19)18-11-5-8(13(17)20)9(14)6-10(11)15/h5-7H,2-4,16H2,1H3,(H2,17,20)(H,18,19). The van der Waals surface area contributed by atoms with Gasteiger partial charge < -0.3 is 16.8 Å². The molecule has 1 aromatic carbocycles. The third kappa shape index (κ3) is 4.27. The minimum atomic E-state index is -1.07. The number of rotatable bonds is 6. The van der Waals surface area contributed by atoms with Crippen LogP contribution < -0.4 is 16.8 Å². The van der Waals surface area contributed by atoms with Crippen molar-refractivity contribution in [2.24, 2.45) is 11.5 Å². The zero-order valence-electron chi connectivity index (χ0n) is 11.1. The summed E-state index contributed by atoms with van der Waals surface area (Å²) in [6.07, 6.45) is 1.49. The first-order chi connectivity index (χ1) is 9.35. The van der Waals surface area contributed by atoms with Gasteiger partial charge in [0.1, 0.15) is 11.6 Å². The SMILES string of the molecule is CCCC(N)CC(=O)Nc1cc(C(N)=O)c(F)cc1F. The molecule has 1 rings (SSSR count). The Hall–Kier alpha value is -2.02. The van der Waals surface area contributed by atoms with Crippen LogP contribution in [0.4, 0.5) is 14.5 Å². The quantitative estimate of drug-likeness (QED) is 0.739. The van der Waals surface area contributed by atoms with Gasteiger partial charge >= 0.3 is 0 Å². The Kier molecular flexibility index (Phi) is 5.57. The van der Waals surface area contributed by atoms with Gasteiger partial charge in [0, 0.05) is 18.5 Å². The lowest BCUT2D eigenvalue weighted by Crippen LogP contribution is -2.27. The predicted molar refractivity (Wildman–Crippen MR) is 71.0 cm³/mol. The molecule has 1 atom stereocenters. The highest BCUT2D eigenvalue weighted by Gasteiger charge is 2.16. The number of nitrogens with two attached hydrogens (primary N) is 2. The molecule has 0 saturated carbocycles. The Morgan fingerprint density at radius 2 is 1.95 bits per heavy atom. The minimum Gasteiger partial charge on any atom is -0.366 e. The van der Waals surface area contributed by atoms with Crippen LogP contribution in [0.5, 0.6) is 0 Å². The van der Waals surface area contributed by atoms with E-state index in [-0.39, 0.29) is 18.2 Å². The molecule has 2 amide bonds. The minimum absolute atomic E-state index is 0.0105. The van der Waals surface area contributed by atoms with Crippen molar-refractivity contribution in [1.29, 1.82) is 0 Å². The molecule has 0 fully saturated rings. The van der Waals surface area contributed by atoms with Crippen LogP contribution in [0, 0.1) is 11.6 Å². The van der Waals surface area contributed by atoms with E-state index in [2.05, 4.69) is 5.32 Å². The predicted octanol–water partition coefficient (Wildman–Crippen LogP) is 1.52. The lowest BCUT2D eigenvalue weighted by atomic mass is 10.1. The van der Waals surface area contributed by atoms with Gasteiger partial charge in [0.05, 0.1) is 11.3 Å². The Bertz CT molecular complexity index is 521. The van der Waals surface area contributed by atoms with E-state index in [0.29, 0.717) is 12.5 Å². The van der Waals surface area contributed by atoms with E-state index in [1.807, 2.05) is 6.92 Å². The summed E-state index contributed by atoms with van der Waals surface area (Å²) in [7, 11) is 0. The van der Waals surface area contributed by atoms with Crippen LogP contribution in [-0.4, -0.2) is 17.9 Å². The molecule has 5 nitrogen and oxygen atoms in total. The van der Waals surface area contributed by atoms with Crippen molar-refractivity contribution in [3.8, 4) is 0 Å². The number of anilines is 1. The topological polar surface area (TPSA) is 98.2 Å². The van der Waals surface area contributed by atoms with Gasteiger partial charge in [-0.25, -0.2) is 8.78 Å². The van der Waals surface area contributed by atoms with Gasteiger partial charge in [0.25, 0.3) is 5.91 Å². The maximum absolute atomic E-state index is 13.5. The normalized spacial score (nSPS) is 12.0. The molecule has 0 aliphatic heterocycles. The zero-order chi connectivity index (χ0) is 15.3. The van der Waals surface area contributed by atoms with Gasteiger partial charge in [-0.15, -0.1) is 0 Å². The second-order valence-electron chi connectivity index (χ2n) is 4.48. The number of hydrogen-bond acceptors (Lipinski definition) is 3. The van der Waals surface area contributed by atoms with E-state index < -0.39 is 29.0 Å². The van der Waals surface area contributed by atoms with Crippen LogP contribution in [0.2, 0.25) is 0 Å². The molecule has 7 heteroatoms. The van der Waals surface area contributed by atoms with Crippen LogP contribution in [-0.2, 0) is 4.79 Å². The molecule has 1 unspecified atom stereocenters. The fourth-order valence-corrected chi connectivity index (χ4v) is 1.75. The summed E-state index contributed by atoms with van der Waals surface area (Å²) in [5, 5.41) is 2.25. The molecule has 0 aromatic heterocycles. The highest BCUT2D eigenvalue weighted by atomic mass is 19.1. The first kappa shape index (κ1) is 16.0. The lowest BCUT2D eigenvalue weighted by Gasteiger charge is -2.12.